The lowest BCUT2D eigenvalue weighted by Gasteiger charge is -2.04. The third-order valence-electron chi connectivity index (χ3n) is 1.42. The zero-order chi connectivity index (χ0) is 8.97. The molecule has 0 unspecified atom stereocenters. The summed E-state index contributed by atoms with van der Waals surface area (Å²) in [6, 6.07) is 1.71. The molecule has 0 aliphatic carbocycles. The minimum atomic E-state index is -1.78. The summed E-state index contributed by atoms with van der Waals surface area (Å²) in [5.41, 5.74) is 0.994. The molecule has 0 spiro atoms. The fraction of sp³-hybridized carbons (Fsp3) is 0.286. The molecule has 0 aromatic carbocycles. The Balaban J connectivity index is 2.72. The fourth-order valence-corrected chi connectivity index (χ4v) is 0.843. The summed E-state index contributed by atoms with van der Waals surface area (Å²) in [5, 5.41) is 16.9. The Hall–Kier alpha value is -1.07. The van der Waals surface area contributed by atoms with Gasteiger partial charge in [0.05, 0.1) is 6.20 Å². The van der Waals surface area contributed by atoms with Crippen LogP contribution in [-0.2, 0) is 6.42 Å². The number of aromatic nitrogens is 1. The lowest BCUT2D eigenvalue weighted by molar-refractivity contribution is 0.287. The summed E-state index contributed by atoms with van der Waals surface area (Å²) < 4.78 is 4.61. The molecule has 0 saturated carbocycles. The minimum Gasteiger partial charge on any atom is -0.511 e. The van der Waals surface area contributed by atoms with E-state index in [2.05, 4.69) is 9.64 Å². The molecule has 0 fully saturated rings. The second-order valence-corrected chi connectivity index (χ2v) is 2.33. The van der Waals surface area contributed by atoms with Crippen LogP contribution in [0.1, 0.15) is 12.5 Å². The highest BCUT2D eigenvalue weighted by molar-refractivity contribution is 6.33. The highest BCUT2D eigenvalue weighted by Crippen LogP contribution is 2.11. The van der Waals surface area contributed by atoms with E-state index in [-0.39, 0.29) is 0 Å². The first kappa shape index (κ1) is 9.03. The minimum absolute atomic E-state index is 0.365. The lowest BCUT2D eigenvalue weighted by atomic mass is 10.2. The number of hydrogen-bond acceptors (Lipinski definition) is 4. The van der Waals surface area contributed by atoms with Crippen LogP contribution in [0.25, 0.3) is 0 Å². The molecule has 1 aromatic heterocycles. The second kappa shape index (κ2) is 4.08. The van der Waals surface area contributed by atoms with Crippen LogP contribution in [-0.4, -0.2) is 22.4 Å². The molecule has 0 radical (unpaired) electrons. The Bertz CT molecular complexity index is 254. The number of pyridine rings is 1. The van der Waals surface area contributed by atoms with E-state index >= 15 is 0 Å². The molecule has 4 nitrogen and oxygen atoms in total. The van der Waals surface area contributed by atoms with Crippen LogP contribution < -0.4 is 4.65 Å². The summed E-state index contributed by atoms with van der Waals surface area (Å²) in [6.07, 6.45) is 3.97. The fourth-order valence-electron chi connectivity index (χ4n) is 0.843. The zero-order valence-corrected chi connectivity index (χ0v) is 6.77. The largest absolute Gasteiger partial charge is 0.707 e. The van der Waals surface area contributed by atoms with Crippen LogP contribution in [0.5, 0.6) is 5.75 Å². The van der Waals surface area contributed by atoms with Gasteiger partial charge in [0, 0.05) is 6.20 Å². The van der Waals surface area contributed by atoms with Crippen LogP contribution in [0.3, 0.4) is 0 Å². The van der Waals surface area contributed by atoms with Gasteiger partial charge in [-0.05, 0) is 18.1 Å². The molecule has 0 amide bonds. The predicted molar refractivity (Wildman–Crippen MR) is 44.4 cm³/mol. The van der Waals surface area contributed by atoms with E-state index in [0.29, 0.717) is 5.75 Å². The van der Waals surface area contributed by atoms with Crippen molar-refractivity contribution in [1.82, 2.24) is 4.98 Å². The average Bonchev–Trinajstić information content (AvgIpc) is 2.03. The molecule has 1 heterocycles. The van der Waals surface area contributed by atoms with Crippen molar-refractivity contribution < 1.29 is 14.7 Å². The van der Waals surface area contributed by atoms with Crippen LogP contribution in [0, 0.1) is 0 Å². The van der Waals surface area contributed by atoms with Gasteiger partial charge in [-0.2, -0.15) is 0 Å². The average molecular weight is 167 g/mol. The molecule has 0 atom stereocenters. The number of hydrogen-bond donors (Lipinski definition) is 2. The molecule has 5 heteroatoms. The van der Waals surface area contributed by atoms with Crippen molar-refractivity contribution in [3.63, 3.8) is 0 Å². The lowest BCUT2D eigenvalue weighted by Crippen LogP contribution is -2.20. The van der Waals surface area contributed by atoms with E-state index in [1.165, 1.54) is 6.20 Å². The number of aryl methyl sites for hydroxylation is 1. The quantitative estimate of drug-likeness (QED) is 0.621. The van der Waals surface area contributed by atoms with Gasteiger partial charge in [-0.25, -0.2) is 0 Å². The highest BCUT2D eigenvalue weighted by atomic mass is 16.6. The first-order valence-corrected chi connectivity index (χ1v) is 3.69. The summed E-state index contributed by atoms with van der Waals surface area (Å²) >= 11 is 0. The SMILES string of the molecule is CCc1cncc(OB(O)O)c1. The molecular formula is C7H10BNO3. The topological polar surface area (TPSA) is 62.6 Å². The first-order chi connectivity index (χ1) is 5.72. The Morgan fingerprint density at radius 1 is 1.50 bits per heavy atom. The summed E-state index contributed by atoms with van der Waals surface area (Å²) in [6.45, 7) is 1.98. The maximum atomic E-state index is 8.47. The Morgan fingerprint density at radius 3 is 2.83 bits per heavy atom. The van der Waals surface area contributed by atoms with Crippen molar-refractivity contribution in [1.29, 1.82) is 0 Å². The second-order valence-electron chi connectivity index (χ2n) is 2.33. The molecule has 0 bridgehead atoms. The van der Waals surface area contributed by atoms with Gasteiger partial charge in [0.1, 0.15) is 5.75 Å². The van der Waals surface area contributed by atoms with Crippen LogP contribution in [0.4, 0.5) is 0 Å². The molecule has 2 N–H and O–H groups in total. The summed E-state index contributed by atoms with van der Waals surface area (Å²) in [5.74, 6) is 0.365. The van der Waals surface area contributed by atoms with E-state index in [1.54, 1.807) is 12.3 Å². The van der Waals surface area contributed by atoms with Crippen LogP contribution >= 0.6 is 0 Å². The Labute approximate surface area is 71.0 Å². The first-order valence-electron chi connectivity index (χ1n) is 3.69. The van der Waals surface area contributed by atoms with Crippen molar-refractivity contribution in [3.05, 3.63) is 24.0 Å². The van der Waals surface area contributed by atoms with Gasteiger partial charge in [-0.1, -0.05) is 6.92 Å². The van der Waals surface area contributed by atoms with Crippen molar-refractivity contribution in [2.45, 2.75) is 13.3 Å². The van der Waals surface area contributed by atoms with Gasteiger partial charge in [0.25, 0.3) is 0 Å². The number of rotatable bonds is 3. The summed E-state index contributed by atoms with van der Waals surface area (Å²) in [4.78, 5) is 3.86. The molecule has 0 aliphatic heterocycles. The number of nitrogens with zero attached hydrogens (tertiary/aromatic N) is 1. The van der Waals surface area contributed by atoms with Gasteiger partial charge in [-0.3, -0.25) is 4.98 Å². The standard InChI is InChI=1S/C7H10BNO3/c1-2-6-3-7(5-9-4-6)12-8(10)11/h3-5,10-11H,2H2,1H3. The maximum Gasteiger partial charge on any atom is 0.707 e. The van der Waals surface area contributed by atoms with E-state index in [9.17, 15) is 0 Å². The summed E-state index contributed by atoms with van der Waals surface area (Å²) in [7, 11) is -1.78. The molecule has 64 valence electrons. The van der Waals surface area contributed by atoms with Crippen molar-refractivity contribution in [3.8, 4) is 5.75 Å². The molecule has 1 aromatic rings. The molecule has 12 heavy (non-hydrogen) atoms. The van der Waals surface area contributed by atoms with Crippen LogP contribution in [0.2, 0.25) is 0 Å². The smallest absolute Gasteiger partial charge is 0.511 e. The van der Waals surface area contributed by atoms with E-state index in [0.717, 1.165) is 12.0 Å². The third kappa shape index (κ3) is 2.52. The molecule has 1 rings (SSSR count). The monoisotopic (exact) mass is 167 g/mol. The normalized spacial score (nSPS) is 9.58. The molecule has 0 aliphatic rings. The van der Waals surface area contributed by atoms with Gasteiger partial charge < -0.3 is 14.7 Å². The maximum absolute atomic E-state index is 8.47. The van der Waals surface area contributed by atoms with Crippen molar-refractivity contribution >= 4 is 7.32 Å². The Morgan fingerprint density at radius 2 is 2.25 bits per heavy atom. The van der Waals surface area contributed by atoms with Crippen molar-refractivity contribution in [2.75, 3.05) is 0 Å². The predicted octanol–water partition coefficient (Wildman–Crippen LogP) is -0.00770. The third-order valence-corrected chi connectivity index (χ3v) is 1.42. The van der Waals surface area contributed by atoms with Gasteiger partial charge in [0.2, 0.25) is 0 Å². The van der Waals surface area contributed by atoms with Gasteiger partial charge in [0.15, 0.2) is 0 Å². The highest BCUT2D eigenvalue weighted by Gasteiger charge is 2.10. The van der Waals surface area contributed by atoms with E-state index in [4.69, 9.17) is 10.0 Å². The van der Waals surface area contributed by atoms with E-state index < -0.39 is 7.32 Å². The van der Waals surface area contributed by atoms with Gasteiger partial charge >= 0.3 is 7.32 Å². The zero-order valence-electron chi connectivity index (χ0n) is 6.77. The van der Waals surface area contributed by atoms with Crippen LogP contribution in [0.15, 0.2) is 18.5 Å². The van der Waals surface area contributed by atoms with Crippen molar-refractivity contribution in [2.24, 2.45) is 0 Å². The molecular weight excluding hydrogens is 157 g/mol. The Kier molecular flexibility index (Phi) is 3.07. The molecule has 0 saturated heterocycles. The van der Waals surface area contributed by atoms with Gasteiger partial charge in [-0.15, -0.1) is 0 Å². The van der Waals surface area contributed by atoms with E-state index in [1.807, 2.05) is 6.92 Å².